The Labute approximate surface area is 155 Å². The van der Waals surface area contributed by atoms with Gasteiger partial charge in [-0.05, 0) is 77.7 Å². The van der Waals surface area contributed by atoms with E-state index in [1.807, 2.05) is 0 Å². The molecule has 2 aliphatic heterocycles. The molecule has 5 heteroatoms. The lowest BCUT2D eigenvalue weighted by Crippen LogP contribution is -2.40. The van der Waals surface area contributed by atoms with E-state index in [1.54, 1.807) is 0 Å². The summed E-state index contributed by atoms with van der Waals surface area (Å²) in [6, 6.07) is 0. The minimum atomic E-state index is 0.723. The number of guanidine groups is 1. The van der Waals surface area contributed by atoms with Crippen LogP contribution in [0.4, 0.5) is 0 Å². The summed E-state index contributed by atoms with van der Waals surface area (Å²) in [7, 11) is 0. The van der Waals surface area contributed by atoms with Gasteiger partial charge in [0.2, 0.25) is 0 Å². The first kappa shape index (κ1) is 20.5. The van der Waals surface area contributed by atoms with Crippen molar-refractivity contribution >= 4 is 5.96 Å². The molecule has 0 bridgehead atoms. The van der Waals surface area contributed by atoms with Gasteiger partial charge in [-0.2, -0.15) is 0 Å². The van der Waals surface area contributed by atoms with Crippen LogP contribution in [-0.4, -0.2) is 74.7 Å². The Morgan fingerprint density at radius 2 is 1.72 bits per heavy atom. The zero-order valence-electron chi connectivity index (χ0n) is 16.7. The molecule has 0 aliphatic carbocycles. The van der Waals surface area contributed by atoms with Crippen LogP contribution in [0.25, 0.3) is 0 Å². The molecule has 2 fully saturated rings. The third-order valence-electron chi connectivity index (χ3n) is 5.54. The maximum atomic E-state index is 4.86. The Morgan fingerprint density at radius 3 is 2.44 bits per heavy atom. The highest BCUT2D eigenvalue weighted by atomic mass is 15.2. The van der Waals surface area contributed by atoms with Crippen molar-refractivity contribution in [1.82, 2.24) is 20.4 Å². The molecule has 2 N–H and O–H groups in total. The molecule has 2 saturated heterocycles. The van der Waals surface area contributed by atoms with Crippen LogP contribution in [0.3, 0.4) is 0 Å². The van der Waals surface area contributed by atoms with Crippen molar-refractivity contribution in [1.29, 1.82) is 0 Å². The van der Waals surface area contributed by atoms with Gasteiger partial charge < -0.3 is 20.4 Å². The molecular weight excluding hydrogens is 310 g/mol. The summed E-state index contributed by atoms with van der Waals surface area (Å²) in [6.07, 6.45) is 9.46. The van der Waals surface area contributed by atoms with E-state index in [1.165, 1.54) is 84.2 Å². The van der Waals surface area contributed by atoms with Gasteiger partial charge in [0, 0.05) is 26.2 Å². The number of nitrogens with zero attached hydrogens (tertiary/aromatic N) is 3. The van der Waals surface area contributed by atoms with Crippen LogP contribution in [-0.2, 0) is 0 Å². The van der Waals surface area contributed by atoms with Gasteiger partial charge >= 0.3 is 0 Å². The molecule has 146 valence electrons. The maximum absolute atomic E-state index is 4.86. The molecular formula is C20H41N5. The first-order valence-corrected chi connectivity index (χ1v) is 10.8. The van der Waals surface area contributed by atoms with E-state index >= 15 is 0 Å². The Hall–Kier alpha value is -0.810. The van der Waals surface area contributed by atoms with Crippen molar-refractivity contribution in [3.63, 3.8) is 0 Å². The number of piperidine rings is 1. The highest BCUT2D eigenvalue weighted by molar-refractivity contribution is 5.79. The second-order valence-electron chi connectivity index (χ2n) is 7.66. The van der Waals surface area contributed by atoms with Crippen LogP contribution < -0.4 is 10.6 Å². The molecule has 25 heavy (non-hydrogen) atoms. The first-order valence-electron chi connectivity index (χ1n) is 10.8. The standard InChI is InChI=1S/C20H41N5/c1-3-21-20(23-17-19-11-9-15-24(4-2)18-19)22-12-10-16-25-13-7-5-6-8-14-25/h19H,3-18H2,1-2H3,(H2,21,22,23). The fourth-order valence-electron chi connectivity index (χ4n) is 4.02. The molecule has 0 aromatic rings. The molecule has 1 atom stereocenters. The van der Waals surface area contributed by atoms with Gasteiger partial charge in [-0.1, -0.05) is 19.8 Å². The second-order valence-corrected chi connectivity index (χ2v) is 7.66. The Kier molecular flexibility index (Phi) is 10.3. The molecule has 2 heterocycles. The van der Waals surface area contributed by atoms with Gasteiger partial charge in [0.05, 0.1) is 0 Å². The van der Waals surface area contributed by atoms with Crippen LogP contribution in [0, 0.1) is 5.92 Å². The maximum Gasteiger partial charge on any atom is 0.191 e. The molecule has 0 saturated carbocycles. The highest BCUT2D eigenvalue weighted by Gasteiger charge is 2.18. The Bertz CT molecular complexity index is 363. The fourth-order valence-corrected chi connectivity index (χ4v) is 4.02. The van der Waals surface area contributed by atoms with Crippen molar-refractivity contribution in [2.75, 3.05) is 58.9 Å². The number of hydrogen-bond acceptors (Lipinski definition) is 3. The minimum Gasteiger partial charge on any atom is -0.357 e. The normalized spacial score (nSPS) is 24.1. The predicted molar refractivity (Wildman–Crippen MR) is 108 cm³/mol. The summed E-state index contributed by atoms with van der Waals surface area (Å²) < 4.78 is 0. The van der Waals surface area contributed by atoms with Gasteiger partial charge in [0.15, 0.2) is 5.96 Å². The molecule has 0 aromatic heterocycles. The molecule has 2 rings (SSSR count). The van der Waals surface area contributed by atoms with Crippen LogP contribution in [0.2, 0.25) is 0 Å². The van der Waals surface area contributed by atoms with Crippen LogP contribution in [0.1, 0.15) is 58.8 Å². The topological polar surface area (TPSA) is 42.9 Å². The molecule has 1 unspecified atom stereocenters. The zero-order valence-corrected chi connectivity index (χ0v) is 16.7. The van der Waals surface area contributed by atoms with E-state index < -0.39 is 0 Å². The van der Waals surface area contributed by atoms with E-state index in [0.717, 1.165) is 31.5 Å². The van der Waals surface area contributed by atoms with Crippen molar-refractivity contribution in [3.8, 4) is 0 Å². The average molecular weight is 352 g/mol. The van der Waals surface area contributed by atoms with Crippen LogP contribution >= 0.6 is 0 Å². The van der Waals surface area contributed by atoms with Gasteiger partial charge in [0.25, 0.3) is 0 Å². The van der Waals surface area contributed by atoms with Crippen molar-refractivity contribution in [2.24, 2.45) is 10.9 Å². The quantitative estimate of drug-likeness (QED) is 0.401. The summed E-state index contributed by atoms with van der Waals surface area (Å²) in [6.45, 7) is 14.8. The Morgan fingerprint density at radius 1 is 0.960 bits per heavy atom. The lowest BCUT2D eigenvalue weighted by molar-refractivity contribution is 0.186. The molecule has 0 spiro atoms. The van der Waals surface area contributed by atoms with E-state index in [4.69, 9.17) is 4.99 Å². The Balaban J connectivity index is 1.66. The molecule has 0 radical (unpaired) electrons. The van der Waals surface area contributed by atoms with Gasteiger partial charge in [-0.15, -0.1) is 0 Å². The SMILES string of the molecule is CCNC(=NCC1CCCN(CC)C1)NCCCN1CCCCCC1. The molecule has 5 nitrogen and oxygen atoms in total. The molecule has 2 aliphatic rings. The van der Waals surface area contributed by atoms with Gasteiger partial charge in [-0.3, -0.25) is 4.99 Å². The predicted octanol–water partition coefficient (Wildman–Crippen LogP) is 2.54. The number of nitrogens with one attached hydrogen (secondary N) is 2. The third kappa shape index (κ3) is 8.41. The van der Waals surface area contributed by atoms with Crippen LogP contribution in [0.5, 0.6) is 0 Å². The number of rotatable bonds is 8. The van der Waals surface area contributed by atoms with Crippen molar-refractivity contribution in [2.45, 2.75) is 58.8 Å². The van der Waals surface area contributed by atoms with E-state index in [9.17, 15) is 0 Å². The summed E-state index contributed by atoms with van der Waals surface area (Å²) in [5, 5.41) is 6.95. The smallest absolute Gasteiger partial charge is 0.191 e. The van der Waals surface area contributed by atoms with Crippen molar-refractivity contribution in [3.05, 3.63) is 0 Å². The lowest BCUT2D eigenvalue weighted by atomic mass is 9.98. The zero-order chi connectivity index (χ0) is 17.7. The molecule has 0 amide bonds. The lowest BCUT2D eigenvalue weighted by Gasteiger charge is -2.31. The highest BCUT2D eigenvalue weighted by Crippen LogP contribution is 2.16. The number of aliphatic imine (C=N–C) groups is 1. The van der Waals surface area contributed by atoms with E-state index in [2.05, 4.69) is 34.3 Å². The fraction of sp³-hybridized carbons (Fsp3) is 0.950. The monoisotopic (exact) mass is 351 g/mol. The second kappa shape index (κ2) is 12.5. The van der Waals surface area contributed by atoms with E-state index in [-0.39, 0.29) is 0 Å². The number of hydrogen-bond donors (Lipinski definition) is 2. The summed E-state index contributed by atoms with van der Waals surface area (Å²) in [4.78, 5) is 10.1. The van der Waals surface area contributed by atoms with E-state index in [0.29, 0.717) is 0 Å². The third-order valence-corrected chi connectivity index (χ3v) is 5.54. The summed E-state index contributed by atoms with van der Waals surface area (Å²) in [5.74, 6) is 1.73. The van der Waals surface area contributed by atoms with Crippen molar-refractivity contribution < 1.29 is 0 Å². The summed E-state index contributed by atoms with van der Waals surface area (Å²) >= 11 is 0. The minimum absolute atomic E-state index is 0.723. The summed E-state index contributed by atoms with van der Waals surface area (Å²) in [5.41, 5.74) is 0. The first-order chi connectivity index (χ1) is 12.3. The van der Waals surface area contributed by atoms with Gasteiger partial charge in [0.1, 0.15) is 0 Å². The average Bonchev–Trinajstić information content (AvgIpc) is 2.92. The number of likely N-dealkylation sites (tertiary alicyclic amines) is 2. The van der Waals surface area contributed by atoms with Crippen LogP contribution in [0.15, 0.2) is 4.99 Å². The van der Waals surface area contributed by atoms with Gasteiger partial charge in [-0.25, -0.2) is 0 Å². The molecule has 0 aromatic carbocycles. The largest absolute Gasteiger partial charge is 0.357 e.